The van der Waals surface area contributed by atoms with Gasteiger partial charge in [0, 0.05) is 18.4 Å². The van der Waals surface area contributed by atoms with Crippen LogP contribution in [-0.4, -0.2) is 106 Å². The Balaban J connectivity index is 2.88. The van der Waals surface area contributed by atoms with Gasteiger partial charge in [-0.15, -0.1) is 0 Å². The third-order valence-corrected chi connectivity index (χ3v) is 10.4. The molecule has 1 aliphatic rings. The van der Waals surface area contributed by atoms with Crippen molar-refractivity contribution in [1.82, 2.24) is 4.90 Å². The Morgan fingerprint density at radius 3 is 1.93 bits per heavy atom. The van der Waals surface area contributed by atoms with Crippen molar-refractivity contribution in [2.45, 2.75) is 143 Å². The van der Waals surface area contributed by atoms with Crippen molar-refractivity contribution in [3.8, 4) is 0 Å². The average Bonchev–Trinajstić information content (AvgIpc) is 3.23. The Hall–Kier alpha value is -1.08. The standard InChI is InChI=1S/C34H63NO9S/c1-12-25(4)41-22-34(21-37,23-43-32(10,13-2)15-17-36)24-44-33(11,14-3)16-18-42-31(8,9)20-35-27(38)19-26(28(35)39)45-29(40)30(5,6)7/h25-26,36-37H,12-24H2,1-11H3. The second-order valence-corrected chi connectivity index (χ2v) is 16.0. The molecule has 0 aromatic rings. The molecule has 5 unspecified atom stereocenters. The van der Waals surface area contributed by atoms with Gasteiger partial charge in [-0.2, -0.15) is 0 Å². The average molecular weight is 662 g/mol. The molecule has 0 aliphatic carbocycles. The number of aliphatic hydroxyl groups is 2. The van der Waals surface area contributed by atoms with Crippen LogP contribution in [0.2, 0.25) is 0 Å². The highest BCUT2D eigenvalue weighted by atomic mass is 32.2. The first-order valence-corrected chi connectivity index (χ1v) is 17.4. The summed E-state index contributed by atoms with van der Waals surface area (Å²) in [4.78, 5) is 39.5. The third-order valence-electron chi connectivity index (χ3n) is 8.90. The smallest absolute Gasteiger partial charge is 0.243 e. The predicted octanol–water partition coefficient (Wildman–Crippen LogP) is 5.15. The van der Waals surface area contributed by atoms with Crippen molar-refractivity contribution < 1.29 is 43.5 Å². The van der Waals surface area contributed by atoms with E-state index >= 15 is 0 Å². The number of amides is 2. The lowest BCUT2D eigenvalue weighted by molar-refractivity contribution is -0.172. The van der Waals surface area contributed by atoms with Gasteiger partial charge in [0.05, 0.1) is 67.9 Å². The first-order chi connectivity index (χ1) is 20.7. The SMILES string of the molecule is CCC(C)OCC(CO)(COC(C)(CC)CCO)COC(C)(CC)CCOC(C)(C)CN1C(=O)CC(SC(=O)C(C)(C)C)C1=O. The van der Waals surface area contributed by atoms with Crippen molar-refractivity contribution in [1.29, 1.82) is 0 Å². The third kappa shape index (κ3) is 13.5. The molecule has 0 bridgehead atoms. The number of ether oxygens (including phenoxy) is 4. The summed E-state index contributed by atoms with van der Waals surface area (Å²) in [5, 5.41) is 19.3. The topological polar surface area (TPSA) is 132 Å². The number of hydrogen-bond acceptors (Lipinski definition) is 10. The highest BCUT2D eigenvalue weighted by Crippen LogP contribution is 2.34. The molecule has 2 N–H and O–H groups in total. The van der Waals surface area contributed by atoms with E-state index in [1.807, 2.05) is 55.4 Å². The molecule has 0 saturated carbocycles. The number of carbonyl (C=O) groups excluding carboxylic acids is 3. The van der Waals surface area contributed by atoms with Gasteiger partial charge in [0.1, 0.15) is 5.25 Å². The zero-order valence-electron chi connectivity index (χ0n) is 30.0. The molecule has 10 nitrogen and oxygen atoms in total. The van der Waals surface area contributed by atoms with Crippen molar-refractivity contribution in [2.24, 2.45) is 10.8 Å². The summed E-state index contributed by atoms with van der Waals surface area (Å²) < 4.78 is 25.1. The molecule has 0 aromatic carbocycles. The predicted molar refractivity (Wildman–Crippen MR) is 178 cm³/mol. The Bertz CT molecular complexity index is 954. The van der Waals surface area contributed by atoms with Crippen LogP contribution in [0.1, 0.15) is 115 Å². The number of thioether (sulfide) groups is 1. The Morgan fingerprint density at radius 2 is 1.47 bits per heavy atom. The van der Waals surface area contributed by atoms with E-state index in [9.17, 15) is 24.6 Å². The van der Waals surface area contributed by atoms with Gasteiger partial charge in [-0.05, 0) is 66.7 Å². The van der Waals surface area contributed by atoms with E-state index in [1.54, 1.807) is 20.8 Å². The van der Waals surface area contributed by atoms with Crippen LogP contribution >= 0.6 is 11.8 Å². The zero-order chi connectivity index (χ0) is 34.7. The summed E-state index contributed by atoms with van der Waals surface area (Å²) >= 11 is 0.948. The molecule has 1 fully saturated rings. The fraction of sp³-hybridized carbons (Fsp3) is 0.912. The van der Waals surface area contributed by atoms with Crippen LogP contribution in [0.5, 0.6) is 0 Å². The maximum Gasteiger partial charge on any atom is 0.243 e. The fourth-order valence-electron chi connectivity index (χ4n) is 4.48. The summed E-state index contributed by atoms with van der Waals surface area (Å²) in [5.74, 6) is -0.640. The van der Waals surface area contributed by atoms with E-state index in [4.69, 9.17) is 18.9 Å². The van der Waals surface area contributed by atoms with E-state index in [0.29, 0.717) is 32.3 Å². The minimum atomic E-state index is -0.808. The van der Waals surface area contributed by atoms with Crippen LogP contribution in [0.25, 0.3) is 0 Å². The summed E-state index contributed by atoms with van der Waals surface area (Å²) in [6, 6.07) is 0. The monoisotopic (exact) mass is 661 g/mol. The zero-order valence-corrected chi connectivity index (χ0v) is 30.8. The van der Waals surface area contributed by atoms with Gasteiger partial charge < -0.3 is 29.2 Å². The fourth-order valence-corrected chi connectivity index (χ4v) is 5.54. The highest BCUT2D eigenvalue weighted by Gasteiger charge is 2.44. The van der Waals surface area contributed by atoms with Crippen molar-refractivity contribution >= 4 is 28.7 Å². The number of likely N-dealkylation sites (tertiary alicyclic amines) is 1. The summed E-state index contributed by atoms with van der Waals surface area (Å²) in [6.45, 7) is 22.1. The molecule has 0 spiro atoms. The lowest BCUT2D eigenvalue weighted by Gasteiger charge is -2.40. The number of aliphatic hydroxyl groups excluding tert-OH is 2. The first-order valence-electron chi connectivity index (χ1n) is 16.5. The van der Waals surface area contributed by atoms with Crippen LogP contribution in [0.3, 0.4) is 0 Å². The molecule has 1 saturated heterocycles. The van der Waals surface area contributed by atoms with Crippen molar-refractivity contribution in [2.75, 3.05) is 46.2 Å². The second kappa shape index (κ2) is 17.9. The molecule has 5 atom stereocenters. The van der Waals surface area contributed by atoms with E-state index in [1.165, 1.54) is 4.90 Å². The molecule has 45 heavy (non-hydrogen) atoms. The Labute approximate surface area is 276 Å². The van der Waals surface area contributed by atoms with Crippen LogP contribution in [-0.2, 0) is 33.3 Å². The quantitative estimate of drug-likeness (QED) is 0.150. The normalized spacial score (nSPS) is 21.0. The molecule has 11 heteroatoms. The number of nitrogens with zero attached hydrogens (tertiary/aromatic N) is 1. The first kappa shape index (κ1) is 41.9. The molecule has 0 radical (unpaired) electrons. The molecule has 2 amide bonds. The van der Waals surface area contributed by atoms with Crippen LogP contribution in [0.15, 0.2) is 0 Å². The number of rotatable bonds is 22. The number of imide groups is 1. The maximum absolute atomic E-state index is 13.0. The molecular weight excluding hydrogens is 598 g/mol. The molecule has 1 heterocycles. The summed E-state index contributed by atoms with van der Waals surface area (Å²) in [5.41, 5.74) is -3.32. The Morgan fingerprint density at radius 1 is 0.911 bits per heavy atom. The molecule has 264 valence electrons. The van der Waals surface area contributed by atoms with Crippen LogP contribution in [0.4, 0.5) is 0 Å². The molecule has 1 aliphatic heterocycles. The maximum atomic E-state index is 13.0. The van der Waals surface area contributed by atoms with Crippen LogP contribution < -0.4 is 0 Å². The lowest BCUT2D eigenvalue weighted by atomic mass is 9.90. The van der Waals surface area contributed by atoms with E-state index in [0.717, 1.165) is 18.2 Å². The highest BCUT2D eigenvalue weighted by molar-refractivity contribution is 8.14. The molecule has 0 aromatic heterocycles. The number of carbonyl (C=O) groups is 3. The number of hydrogen-bond donors (Lipinski definition) is 2. The molecular formula is C34H63NO9S. The Kier molecular flexibility index (Phi) is 16.7. The van der Waals surface area contributed by atoms with Gasteiger partial charge >= 0.3 is 0 Å². The van der Waals surface area contributed by atoms with Crippen molar-refractivity contribution in [3.63, 3.8) is 0 Å². The minimum absolute atomic E-state index is 0.0110. The van der Waals surface area contributed by atoms with Gasteiger partial charge in [0.2, 0.25) is 11.8 Å². The van der Waals surface area contributed by atoms with Crippen LogP contribution in [0, 0.1) is 10.8 Å². The minimum Gasteiger partial charge on any atom is -0.396 e. The van der Waals surface area contributed by atoms with E-state index < -0.39 is 32.9 Å². The largest absolute Gasteiger partial charge is 0.396 e. The van der Waals surface area contributed by atoms with Crippen molar-refractivity contribution in [3.05, 3.63) is 0 Å². The van der Waals surface area contributed by atoms with E-state index in [2.05, 4.69) is 0 Å². The van der Waals surface area contributed by atoms with Gasteiger partial charge in [-0.3, -0.25) is 19.3 Å². The summed E-state index contributed by atoms with van der Waals surface area (Å²) in [7, 11) is 0. The van der Waals surface area contributed by atoms with E-state index in [-0.39, 0.29) is 69.0 Å². The second-order valence-electron chi connectivity index (χ2n) is 14.9. The van der Waals surface area contributed by atoms with Gasteiger partial charge in [0.15, 0.2) is 5.12 Å². The summed E-state index contributed by atoms with van der Waals surface area (Å²) in [6.07, 6.45) is 3.29. The lowest BCUT2D eigenvalue weighted by Crippen LogP contribution is -2.47. The van der Waals surface area contributed by atoms with Gasteiger partial charge in [-0.25, -0.2) is 0 Å². The van der Waals surface area contributed by atoms with Gasteiger partial charge in [0.25, 0.3) is 0 Å². The van der Waals surface area contributed by atoms with Gasteiger partial charge in [-0.1, -0.05) is 53.3 Å². The molecule has 1 rings (SSSR count).